The lowest BCUT2D eigenvalue weighted by Gasteiger charge is -2.17. The van der Waals surface area contributed by atoms with Gasteiger partial charge in [0.25, 0.3) is 11.6 Å². The molecule has 0 aliphatic rings. The fraction of sp³-hybridized carbons (Fsp3) is 0.286. The molecule has 0 saturated heterocycles. The molecule has 4 rings (SSSR count). The minimum Gasteiger partial charge on any atom is -0.485 e. The van der Waals surface area contributed by atoms with Gasteiger partial charge in [0, 0.05) is 38.7 Å². The molecule has 42 heavy (non-hydrogen) atoms. The van der Waals surface area contributed by atoms with Crippen molar-refractivity contribution < 1.29 is 23.6 Å². The van der Waals surface area contributed by atoms with Crippen LogP contribution in [0.5, 0.6) is 5.75 Å². The van der Waals surface area contributed by atoms with Crippen molar-refractivity contribution in [3.8, 4) is 17.0 Å². The van der Waals surface area contributed by atoms with Gasteiger partial charge in [0.15, 0.2) is 0 Å². The van der Waals surface area contributed by atoms with Crippen LogP contribution in [0.1, 0.15) is 28.9 Å². The molecule has 0 bridgehead atoms. The first-order chi connectivity index (χ1) is 19.9. The Kier molecular flexibility index (Phi) is 9.27. The minimum atomic E-state index is -1.37. The zero-order chi connectivity index (χ0) is 30.4. The Morgan fingerprint density at radius 2 is 1.93 bits per heavy atom. The number of nitro benzene ring substituents is 1. The third-order valence-electron chi connectivity index (χ3n) is 6.29. The third kappa shape index (κ3) is 7.53. The zero-order valence-electron chi connectivity index (χ0n) is 23.7. The number of carbonyl (C=O) groups excluding carboxylic acids is 1. The number of halogens is 1. The number of hydrogen-bond donors (Lipinski definition) is 2. The molecule has 2 heterocycles. The summed E-state index contributed by atoms with van der Waals surface area (Å²) in [6.45, 7) is 8.90. The average molecular weight is 594 g/mol. The number of benzene rings is 2. The van der Waals surface area contributed by atoms with Gasteiger partial charge in [-0.2, -0.15) is 5.10 Å². The van der Waals surface area contributed by atoms with E-state index < -0.39 is 30.8 Å². The van der Waals surface area contributed by atoms with Crippen molar-refractivity contribution in [2.45, 2.75) is 45.4 Å². The summed E-state index contributed by atoms with van der Waals surface area (Å²) >= 11 is 0. The average Bonchev–Trinajstić information content (AvgIpc) is 3.29. The van der Waals surface area contributed by atoms with Gasteiger partial charge in [0.1, 0.15) is 47.3 Å². The lowest BCUT2D eigenvalue weighted by Crippen LogP contribution is -2.22. The van der Waals surface area contributed by atoms with Gasteiger partial charge in [0.2, 0.25) is 0 Å². The van der Waals surface area contributed by atoms with Crippen molar-refractivity contribution in [1.29, 1.82) is 0 Å². The van der Waals surface area contributed by atoms with Gasteiger partial charge in [-0.3, -0.25) is 19.9 Å². The summed E-state index contributed by atoms with van der Waals surface area (Å²) in [5.41, 5.74) is 6.69. The molecule has 14 heteroatoms. The van der Waals surface area contributed by atoms with E-state index in [1.54, 1.807) is 19.1 Å². The number of rotatable bonds is 13. The molecule has 12 nitrogen and oxygen atoms in total. The molecule has 1 atom stereocenters. The maximum Gasteiger partial charge on any atom is 0.273 e. The van der Waals surface area contributed by atoms with E-state index in [1.807, 2.05) is 0 Å². The van der Waals surface area contributed by atoms with Crippen LogP contribution in [0.15, 0.2) is 61.1 Å². The predicted octanol–water partition coefficient (Wildman–Crippen LogP) is 5.68. The SMILES string of the molecule is C[C@H](Oc1cc([N+](=O)[O-])ccc1-c1nn(COCC[Si](C)(C)C)c(Nc2cnccn2)c1C(N)=O)c1ccc(F)cc1. The molecule has 4 aromatic rings. The molecular formula is C28H32FN7O5Si. The number of aromatic nitrogens is 4. The number of anilines is 2. The molecule has 0 radical (unpaired) electrons. The normalized spacial score (nSPS) is 12.1. The van der Waals surface area contributed by atoms with E-state index in [2.05, 4.69) is 40.0 Å². The van der Waals surface area contributed by atoms with Crippen LogP contribution < -0.4 is 15.8 Å². The summed E-state index contributed by atoms with van der Waals surface area (Å²) < 4.78 is 27.0. The maximum atomic E-state index is 13.5. The van der Waals surface area contributed by atoms with Crippen molar-refractivity contribution in [2.75, 3.05) is 11.9 Å². The lowest BCUT2D eigenvalue weighted by atomic mass is 10.0. The second kappa shape index (κ2) is 12.9. The molecule has 0 saturated carbocycles. The van der Waals surface area contributed by atoms with Crippen LogP contribution in [0, 0.1) is 15.9 Å². The first kappa shape index (κ1) is 30.3. The number of carbonyl (C=O) groups is 1. The summed E-state index contributed by atoms with van der Waals surface area (Å²) in [6, 6.07) is 10.6. The second-order valence-electron chi connectivity index (χ2n) is 10.7. The highest BCUT2D eigenvalue weighted by molar-refractivity contribution is 6.76. The summed E-state index contributed by atoms with van der Waals surface area (Å²) in [6.07, 6.45) is 3.83. The summed E-state index contributed by atoms with van der Waals surface area (Å²) in [7, 11) is -1.37. The van der Waals surface area contributed by atoms with E-state index in [4.69, 9.17) is 15.2 Å². The summed E-state index contributed by atoms with van der Waals surface area (Å²) in [5, 5.41) is 19.3. The summed E-state index contributed by atoms with van der Waals surface area (Å²) in [4.78, 5) is 32.3. The molecule has 220 valence electrons. The fourth-order valence-electron chi connectivity index (χ4n) is 4.03. The van der Waals surface area contributed by atoms with E-state index >= 15 is 0 Å². The number of nitrogens with zero attached hydrogens (tertiary/aromatic N) is 5. The summed E-state index contributed by atoms with van der Waals surface area (Å²) in [5.74, 6) is -0.588. The number of non-ortho nitro benzene ring substituents is 1. The number of ether oxygens (including phenoxy) is 2. The molecular weight excluding hydrogens is 561 g/mol. The third-order valence-corrected chi connectivity index (χ3v) is 8.00. The minimum absolute atomic E-state index is 0.00240. The van der Waals surface area contributed by atoms with Crippen LogP contribution in [0.3, 0.4) is 0 Å². The lowest BCUT2D eigenvalue weighted by molar-refractivity contribution is -0.384. The van der Waals surface area contributed by atoms with Crippen molar-refractivity contribution in [2.24, 2.45) is 5.73 Å². The van der Waals surface area contributed by atoms with Gasteiger partial charge < -0.3 is 20.5 Å². The first-order valence-corrected chi connectivity index (χ1v) is 16.9. The van der Waals surface area contributed by atoms with Gasteiger partial charge in [-0.1, -0.05) is 31.8 Å². The van der Waals surface area contributed by atoms with Gasteiger partial charge in [0.05, 0.1) is 17.2 Å². The molecule has 1 amide bonds. The standard InChI is InChI=1S/C28H32FN7O5Si/c1-18(19-5-7-20(29)8-6-19)41-23-15-21(36(38)39)9-10-22(23)26-25(27(30)37)28(33-24-16-31-11-12-32-24)35(34-26)17-40-13-14-42(2,3)4/h5-12,15-16,18H,13-14,17H2,1-4H3,(H2,30,37)(H,32,33)/t18-/m0/s1. The van der Waals surface area contributed by atoms with Crippen LogP contribution in [-0.2, 0) is 11.5 Å². The molecule has 0 unspecified atom stereocenters. The molecule has 0 aliphatic carbocycles. The van der Waals surface area contributed by atoms with E-state index in [1.165, 1.54) is 53.6 Å². The Hall–Kier alpha value is -4.69. The highest BCUT2D eigenvalue weighted by Crippen LogP contribution is 2.39. The highest BCUT2D eigenvalue weighted by atomic mass is 28.3. The Morgan fingerprint density at radius 1 is 1.19 bits per heavy atom. The number of nitrogens with one attached hydrogen (secondary N) is 1. The van der Waals surface area contributed by atoms with E-state index in [9.17, 15) is 19.3 Å². The Morgan fingerprint density at radius 3 is 2.55 bits per heavy atom. The molecule has 2 aromatic heterocycles. The fourth-order valence-corrected chi connectivity index (χ4v) is 4.79. The topological polar surface area (TPSA) is 160 Å². The monoisotopic (exact) mass is 593 g/mol. The Labute approximate surface area is 242 Å². The Bertz CT molecular complexity index is 1560. The molecule has 3 N–H and O–H groups in total. The number of hydrogen-bond acceptors (Lipinski definition) is 9. The predicted molar refractivity (Wildman–Crippen MR) is 158 cm³/mol. The molecule has 2 aromatic carbocycles. The van der Waals surface area contributed by atoms with Crippen LogP contribution in [0.2, 0.25) is 25.7 Å². The second-order valence-corrected chi connectivity index (χ2v) is 16.4. The van der Waals surface area contributed by atoms with Gasteiger partial charge in [-0.25, -0.2) is 14.1 Å². The molecule has 0 fully saturated rings. The van der Waals surface area contributed by atoms with Gasteiger partial charge in [-0.05, 0) is 36.7 Å². The maximum absolute atomic E-state index is 13.5. The van der Waals surface area contributed by atoms with Crippen LogP contribution >= 0.6 is 0 Å². The van der Waals surface area contributed by atoms with Gasteiger partial charge in [-0.15, -0.1) is 0 Å². The largest absolute Gasteiger partial charge is 0.485 e. The van der Waals surface area contributed by atoms with Gasteiger partial charge >= 0.3 is 0 Å². The van der Waals surface area contributed by atoms with Crippen molar-refractivity contribution >= 4 is 31.3 Å². The Balaban J connectivity index is 1.81. The molecule has 0 spiro atoms. The van der Waals surface area contributed by atoms with Crippen LogP contribution in [-0.4, -0.2) is 45.3 Å². The van der Waals surface area contributed by atoms with Crippen LogP contribution in [0.4, 0.5) is 21.7 Å². The number of amides is 1. The smallest absolute Gasteiger partial charge is 0.273 e. The first-order valence-electron chi connectivity index (χ1n) is 13.2. The number of primary amides is 1. The van der Waals surface area contributed by atoms with E-state index in [-0.39, 0.29) is 40.8 Å². The number of nitro groups is 1. The zero-order valence-corrected chi connectivity index (χ0v) is 24.7. The van der Waals surface area contributed by atoms with E-state index in [0.717, 1.165) is 6.04 Å². The highest BCUT2D eigenvalue weighted by Gasteiger charge is 2.28. The van der Waals surface area contributed by atoms with Crippen molar-refractivity contribution in [3.05, 3.63) is 88.1 Å². The van der Waals surface area contributed by atoms with E-state index in [0.29, 0.717) is 18.0 Å². The van der Waals surface area contributed by atoms with Crippen molar-refractivity contribution in [1.82, 2.24) is 19.7 Å². The molecule has 0 aliphatic heterocycles. The quantitative estimate of drug-likeness (QED) is 0.0860. The number of nitrogens with two attached hydrogens (primary N) is 1. The van der Waals surface area contributed by atoms with Crippen molar-refractivity contribution in [3.63, 3.8) is 0 Å². The van der Waals surface area contributed by atoms with Crippen LogP contribution in [0.25, 0.3) is 11.3 Å².